The Kier molecular flexibility index (Phi) is 6.46. The van der Waals surface area contributed by atoms with Gasteiger partial charge >= 0.3 is 7.75 Å². The normalized spacial score (nSPS) is 22.9. The SMILES string of the molecule is C[C@H](Cn1cnc2c(NP3(=O)OCCC(c4cccnc4)O3)ncnc21)OCP=O. The average molecular weight is 450 g/mol. The third kappa shape index (κ3) is 4.71. The molecule has 0 aromatic carbocycles. The van der Waals surface area contributed by atoms with E-state index in [0.29, 0.717) is 24.1 Å². The monoisotopic (exact) mass is 450 g/mol. The Morgan fingerprint density at radius 3 is 3.13 bits per heavy atom. The zero-order valence-electron chi connectivity index (χ0n) is 16.1. The maximum atomic E-state index is 13.2. The molecule has 3 aromatic heterocycles. The molecule has 0 aliphatic carbocycles. The smallest absolute Gasteiger partial charge is 0.365 e. The molecule has 4 heterocycles. The maximum absolute atomic E-state index is 13.2. The number of ether oxygens (including phenoxy) is 1. The molecule has 158 valence electrons. The highest BCUT2D eigenvalue weighted by molar-refractivity contribution is 7.55. The zero-order chi connectivity index (χ0) is 21.0. The number of imidazole rings is 1. The molecule has 1 fully saturated rings. The summed E-state index contributed by atoms with van der Waals surface area (Å²) in [6.07, 6.45) is 6.37. The summed E-state index contributed by atoms with van der Waals surface area (Å²) in [5, 5.41) is 2.79. The summed E-state index contributed by atoms with van der Waals surface area (Å²) in [4.78, 5) is 16.9. The first-order valence-corrected chi connectivity index (χ1v) is 11.8. The van der Waals surface area contributed by atoms with Crippen molar-refractivity contribution in [3.05, 3.63) is 42.7 Å². The predicted octanol–water partition coefficient (Wildman–Crippen LogP) is 3.57. The molecule has 4 rings (SSSR count). The molecule has 1 saturated heterocycles. The first-order valence-electron chi connectivity index (χ1n) is 9.26. The Morgan fingerprint density at radius 1 is 1.43 bits per heavy atom. The molecule has 0 radical (unpaired) electrons. The second-order valence-corrected chi connectivity index (χ2v) is 8.84. The van der Waals surface area contributed by atoms with Gasteiger partial charge in [0.2, 0.25) is 0 Å². The topological polar surface area (TPSA) is 130 Å². The van der Waals surface area contributed by atoms with Gasteiger partial charge in [-0.05, 0) is 18.6 Å². The quantitative estimate of drug-likeness (QED) is 0.508. The van der Waals surface area contributed by atoms with Crippen molar-refractivity contribution in [3.63, 3.8) is 0 Å². The molecule has 1 aliphatic heterocycles. The Bertz CT molecular complexity index is 1070. The molecule has 1 aliphatic rings. The van der Waals surface area contributed by atoms with Crippen molar-refractivity contribution >= 4 is 33.2 Å². The Balaban J connectivity index is 1.53. The minimum Gasteiger partial charge on any atom is -0.365 e. The summed E-state index contributed by atoms with van der Waals surface area (Å²) in [5.41, 5.74) is 1.79. The van der Waals surface area contributed by atoms with Gasteiger partial charge in [0.1, 0.15) is 12.7 Å². The third-order valence-electron chi connectivity index (χ3n) is 4.47. The van der Waals surface area contributed by atoms with E-state index in [1.54, 1.807) is 29.4 Å². The van der Waals surface area contributed by atoms with E-state index in [1.165, 1.54) is 6.33 Å². The molecule has 0 saturated carbocycles. The van der Waals surface area contributed by atoms with Gasteiger partial charge in [-0.2, -0.15) is 0 Å². The minimum atomic E-state index is -3.67. The van der Waals surface area contributed by atoms with Gasteiger partial charge < -0.3 is 9.30 Å². The number of nitrogens with one attached hydrogen (secondary N) is 1. The fourth-order valence-corrected chi connectivity index (χ4v) is 4.92. The van der Waals surface area contributed by atoms with Crippen LogP contribution in [-0.2, 0) is 29.5 Å². The van der Waals surface area contributed by atoms with Gasteiger partial charge in [-0.3, -0.25) is 23.7 Å². The number of hydrogen-bond donors (Lipinski definition) is 1. The second kappa shape index (κ2) is 9.24. The van der Waals surface area contributed by atoms with Crippen molar-refractivity contribution in [3.8, 4) is 0 Å². The molecule has 11 nitrogen and oxygen atoms in total. The van der Waals surface area contributed by atoms with Crippen LogP contribution in [0.4, 0.5) is 5.82 Å². The Morgan fingerprint density at radius 2 is 2.33 bits per heavy atom. The van der Waals surface area contributed by atoms with Crippen molar-refractivity contribution < 1.29 is 22.9 Å². The largest absolute Gasteiger partial charge is 0.434 e. The van der Waals surface area contributed by atoms with Crippen LogP contribution in [0.25, 0.3) is 11.2 Å². The van der Waals surface area contributed by atoms with Crippen LogP contribution in [0.3, 0.4) is 0 Å². The van der Waals surface area contributed by atoms with Crippen molar-refractivity contribution in [2.75, 3.05) is 18.0 Å². The van der Waals surface area contributed by atoms with Crippen LogP contribution in [-0.4, -0.2) is 43.6 Å². The summed E-state index contributed by atoms with van der Waals surface area (Å²) in [5.74, 6) is 0.251. The first-order chi connectivity index (χ1) is 14.6. The van der Waals surface area contributed by atoms with Gasteiger partial charge in [-0.15, -0.1) is 0 Å². The molecule has 0 spiro atoms. The van der Waals surface area contributed by atoms with Crippen LogP contribution in [0.1, 0.15) is 25.0 Å². The molecule has 2 unspecified atom stereocenters. The molecule has 30 heavy (non-hydrogen) atoms. The predicted molar refractivity (Wildman–Crippen MR) is 108 cm³/mol. The lowest BCUT2D eigenvalue weighted by atomic mass is 10.1. The highest BCUT2D eigenvalue weighted by atomic mass is 31.2. The lowest BCUT2D eigenvalue weighted by Crippen LogP contribution is -2.18. The Hall–Kier alpha value is -2.29. The first kappa shape index (κ1) is 21.0. The molecule has 13 heteroatoms. The lowest BCUT2D eigenvalue weighted by molar-refractivity contribution is 0.0840. The number of hydrogen-bond acceptors (Lipinski definition) is 9. The van der Waals surface area contributed by atoms with Gasteiger partial charge in [0.25, 0.3) is 0 Å². The highest BCUT2D eigenvalue weighted by Crippen LogP contribution is 2.55. The zero-order valence-corrected chi connectivity index (χ0v) is 17.9. The third-order valence-corrected chi connectivity index (χ3v) is 6.27. The Labute approximate surface area is 174 Å². The fraction of sp³-hybridized carbons (Fsp3) is 0.412. The molecule has 3 atom stereocenters. The minimum absolute atomic E-state index is 0.0705. The van der Waals surface area contributed by atoms with E-state index < -0.39 is 13.9 Å². The summed E-state index contributed by atoms with van der Waals surface area (Å²) in [6, 6.07) is 3.67. The van der Waals surface area contributed by atoms with E-state index in [4.69, 9.17) is 13.8 Å². The van der Waals surface area contributed by atoms with Crippen molar-refractivity contribution in [1.29, 1.82) is 0 Å². The van der Waals surface area contributed by atoms with E-state index in [-0.39, 0.29) is 33.3 Å². The van der Waals surface area contributed by atoms with E-state index in [2.05, 4.69) is 25.0 Å². The fourth-order valence-electron chi connectivity index (χ4n) is 3.10. The molecule has 1 N–H and O–H groups in total. The summed E-state index contributed by atoms with van der Waals surface area (Å²) >= 11 is 0. The van der Waals surface area contributed by atoms with Gasteiger partial charge in [0.15, 0.2) is 25.4 Å². The molecular weight excluding hydrogens is 430 g/mol. The standard InChI is InChI=1S/C17H20N6O5P2/c1-12(26-11-29-24)8-23-10-21-15-16(19-9-20-17(15)23)22-30(25)27-6-4-14(28-30)13-3-2-5-18-7-13/h2-3,5,7,9-10,12,14H,4,6,8,11H2,1H3,(H,19,20,22,25)/t12-,14?,30?/m1/s1. The highest BCUT2D eigenvalue weighted by Gasteiger charge is 2.36. The average Bonchev–Trinajstić information content (AvgIpc) is 3.16. The van der Waals surface area contributed by atoms with Crippen molar-refractivity contribution in [2.45, 2.75) is 32.1 Å². The molecule has 0 bridgehead atoms. The van der Waals surface area contributed by atoms with E-state index in [1.807, 2.05) is 13.0 Å². The van der Waals surface area contributed by atoms with Gasteiger partial charge in [0.05, 0.1) is 31.7 Å². The number of fused-ring (bicyclic) bond motifs is 1. The van der Waals surface area contributed by atoms with Crippen LogP contribution in [0.2, 0.25) is 0 Å². The van der Waals surface area contributed by atoms with Crippen LogP contribution in [0, 0.1) is 0 Å². The number of nitrogens with zero attached hydrogens (tertiary/aromatic N) is 5. The van der Waals surface area contributed by atoms with E-state index in [0.717, 1.165) is 5.56 Å². The second-order valence-electron chi connectivity index (χ2n) is 6.64. The van der Waals surface area contributed by atoms with E-state index in [9.17, 15) is 9.13 Å². The van der Waals surface area contributed by atoms with Crippen LogP contribution in [0.5, 0.6) is 0 Å². The molecule has 0 amide bonds. The number of anilines is 1. The summed E-state index contributed by atoms with van der Waals surface area (Å²) in [7, 11) is -3.74. The van der Waals surface area contributed by atoms with Crippen LogP contribution < -0.4 is 5.09 Å². The van der Waals surface area contributed by atoms with Gasteiger partial charge in [-0.1, -0.05) is 6.07 Å². The van der Waals surface area contributed by atoms with Crippen molar-refractivity contribution in [1.82, 2.24) is 24.5 Å². The maximum Gasteiger partial charge on any atom is 0.434 e. The summed E-state index contributed by atoms with van der Waals surface area (Å²) < 4.78 is 42.2. The lowest BCUT2D eigenvalue weighted by Gasteiger charge is -2.29. The van der Waals surface area contributed by atoms with Crippen LogP contribution in [0.15, 0.2) is 37.2 Å². The van der Waals surface area contributed by atoms with Crippen LogP contribution >= 0.6 is 16.2 Å². The number of aromatic nitrogens is 5. The number of pyridine rings is 1. The number of rotatable bonds is 8. The van der Waals surface area contributed by atoms with Crippen molar-refractivity contribution in [2.24, 2.45) is 0 Å². The molecule has 3 aromatic rings. The van der Waals surface area contributed by atoms with Gasteiger partial charge in [-0.25, -0.2) is 19.5 Å². The summed E-state index contributed by atoms with van der Waals surface area (Å²) in [6.45, 7) is 2.58. The van der Waals surface area contributed by atoms with Gasteiger partial charge in [0, 0.05) is 18.8 Å². The van der Waals surface area contributed by atoms with E-state index >= 15 is 0 Å². The molecular formula is C17H20N6O5P2.